The van der Waals surface area contributed by atoms with E-state index in [0.29, 0.717) is 13.0 Å². The number of primary amides is 1. The number of amides is 2. The third kappa shape index (κ3) is 2.87. The molecule has 2 heterocycles. The fourth-order valence-corrected chi connectivity index (χ4v) is 3.40. The predicted octanol–water partition coefficient (Wildman–Crippen LogP) is 1.43. The Balaban J connectivity index is 1.84. The van der Waals surface area contributed by atoms with Crippen molar-refractivity contribution < 1.29 is 9.59 Å². The van der Waals surface area contributed by atoms with E-state index in [0.717, 1.165) is 21.8 Å². The third-order valence-electron chi connectivity index (χ3n) is 3.90. The highest BCUT2D eigenvalue weighted by Crippen LogP contribution is 2.24. The Labute approximate surface area is 132 Å². The van der Waals surface area contributed by atoms with Crippen LogP contribution in [0.4, 0.5) is 0 Å². The van der Waals surface area contributed by atoms with Crippen LogP contribution in [-0.4, -0.2) is 27.7 Å². The quantitative estimate of drug-likeness (QED) is 0.931. The Bertz CT molecular complexity index is 726. The van der Waals surface area contributed by atoms with Crippen LogP contribution in [0.3, 0.4) is 0 Å². The van der Waals surface area contributed by atoms with E-state index in [1.54, 1.807) is 4.90 Å². The van der Waals surface area contributed by atoms with Gasteiger partial charge >= 0.3 is 0 Å². The Kier molecular flexibility index (Phi) is 3.94. The molecular formula is C16H17N3O2S. The molecule has 0 bridgehead atoms. The molecule has 1 aromatic carbocycles. The zero-order chi connectivity index (χ0) is 15.7. The molecule has 1 aliphatic rings. The van der Waals surface area contributed by atoms with Crippen molar-refractivity contribution in [3.05, 3.63) is 51.5 Å². The fourth-order valence-electron chi connectivity index (χ4n) is 2.79. The third-order valence-corrected chi connectivity index (χ3v) is 4.72. The highest BCUT2D eigenvalue weighted by atomic mass is 32.1. The van der Waals surface area contributed by atoms with Crippen LogP contribution in [0.25, 0.3) is 0 Å². The Morgan fingerprint density at radius 1 is 1.36 bits per heavy atom. The van der Waals surface area contributed by atoms with Gasteiger partial charge in [0.05, 0.1) is 17.1 Å². The number of aromatic nitrogens is 1. The molecule has 1 aliphatic heterocycles. The lowest BCUT2D eigenvalue weighted by molar-refractivity contribution is -0.140. The number of fused-ring (bicyclic) bond motifs is 1. The molecule has 0 spiro atoms. The number of aryl methyl sites for hydroxylation is 1. The minimum Gasteiger partial charge on any atom is -0.368 e. The summed E-state index contributed by atoms with van der Waals surface area (Å²) in [6, 6.07) is 7.26. The van der Waals surface area contributed by atoms with E-state index in [9.17, 15) is 9.59 Å². The molecule has 2 aromatic rings. The van der Waals surface area contributed by atoms with Crippen molar-refractivity contribution in [2.45, 2.75) is 32.4 Å². The normalized spacial score (nSPS) is 17.1. The van der Waals surface area contributed by atoms with Crippen LogP contribution in [0.2, 0.25) is 0 Å². The molecule has 1 aromatic heterocycles. The number of hydrogen-bond acceptors (Lipinski definition) is 4. The molecule has 114 valence electrons. The van der Waals surface area contributed by atoms with Gasteiger partial charge in [0.25, 0.3) is 0 Å². The molecule has 0 saturated heterocycles. The molecule has 0 aliphatic carbocycles. The highest BCUT2D eigenvalue weighted by Gasteiger charge is 2.33. The zero-order valence-corrected chi connectivity index (χ0v) is 13.1. The topological polar surface area (TPSA) is 76.3 Å². The molecule has 1 unspecified atom stereocenters. The molecular weight excluding hydrogens is 298 g/mol. The summed E-state index contributed by atoms with van der Waals surface area (Å²) in [6.07, 6.45) is 0.684. The van der Waals surface area contributed by atoms with Crippen LogP contribution in [0.1, 0.15) is 21.8 Å². The number of carbonyl (C=O) groups excluding carboxylic acids is 2. The van der Waals surface area contributed by atoms with Crippen molar-refractivity contribution >= 4 is 23.2 Å². The van der Waals surface area contributed by atoms with E-state index in [4.69, 9.17) is 5.73 Å². The first-order valence-electron chi connectivity index (χ1n) is 7.11. The van der Waals surface area contributed by atoms with Crippen molar-refractivity contribution in [1.29, 1.82) is 0 Å². The van der Waals surface area contributed by atoms with E-state index in [2.05, 4.69) is 4.98 Å². The summed E-state index contributed by atoms with van der Waals surface area (Å²) in [4.78, 5) is 30.2. The maximum atomic E-state index is 12.6. The van der Waals surface area contributed by atoms with E-state index in [1.165, 1.54) is 11.3 Å². The van der Waals surface area contributed by atoms with Gasteiger partial charge in [0, 0.05) is 18.3 Å². The number of thiazole rings is 1. The number of carbonyl (C=O) groups is 2. The van der Waals surface area contributed by atoms with E-state index in [1.807, 2.05) is 36.6 Å². The van der Waals surface area contributed by atoms with Gasteiger partial charge in [-0.05, 0) is 18.1 Å². The van der Waals surface area contributed by atoms with Gasteiger partial charge < -0.3 is 10.6 Å². The van der Waals surface area contributed by atoms with Gasteiger partial charge in [0.15, 0.2) is 0 Å². The van der Waals surface area contributed by atoms with Gasteiger partial charge in [0.2, 0.25) is 11.8 Å². The highest BCUT2D eigenvalue weighted by molar-refractivity contribution is 7.09. The van der Waals surface area contributed by atoms with Crippen molar-refractivity contribution in [2.24, 2.45) is 5.73 Å². The van der Waals surface area contributed by atoms with Gasteiger partial charge in [-0.15, -0.1) is 11.3 Å². The first-order chi connectivity index (χ1) is 10.5. The van der Waals surface area contributed by atoms with Crippen molar-refractivity contribution in [2.75, 3.05) is 0 Å². The molecule has 1 atom stereocenters. The fraction of sp³-hybridized carbons (Fsp3) is 0.312. The van der Waals surface area contributed by atoms with Crippen LogP contribution in [0, 0.1) is 6.92 Å². The molecule has 5 nitrogen and oxygen atoms in total. The standard InChI is InChI=1S/C16H17N3O2S/c1-10-18-13(9-22-10)7-15(20)19-8-12-5-3-2-4-11(12)6-14(19)16(17)21/h2-5,9,14H,6-8H2,1H3,(H2,17,21). The SMILES string of the molecule is Cc1nc(CC(=O)N2Cc3ccccc3CC2C(N)=O)cs1. The van der Waals surface area contributed by atoms with Crippen LogP contribution >= 0.6 is 11.3 Å². The van der Waals surface area contributed by atoms with Crippen LogP contribution in [0.15, 0.2) is 29.6 Å². The van der Waals surface area contributed by atoms with Crippen molar-refractivity contribution in [3.63, 3.8) is 0 Å². The van der Waals surface area contributed by atoms with Gasteiger partial charge in [-0.3, -0.25) is 9.59 Å². The monoisotopic (exact) mass is 315 g/mol. The second-order valence-corrected chi connectivity index (χ2v) is 6.51. The first-order valence-corrected chi connectivity index (χ1v) is 7.99. The van der Waals surface area contributed by atoms with Crippen molar-refractivity contribution in [3.8, 4) is 0 Å². The maximum Gasteiger partial charge on any atom is 0.240 e. The molecule has 0 fully saturated rings. The summed E-state index contributed by atoms with van der Waals surface area (Å²) in [6.45, 7) is 2.33. The van der Waals surface area contributed by atoms with Gasteiger partial charge in [0.1, 0.15) is 6.04 Å². The predicted molar refractivity (Wildman–Crippen MR) is 84.2 cm³/mol. The summed E-state index contributed by atoms with van der Waals surface area (Å²) in [5.41, 5.74) is 8.40. The molecule has 0 saturated carbocycles. The van der Waals surface area contributed by atoms with E-state index >= 15 is 0 Å². The van der Waals surface area contributed by atoms with Crippen molar-refractivity contribution in [1.82, 2.24) is 9.88 Å². The molecule has 22 heavy (non-hydrogen) atoms. The second kappa shape index (κ2) is 5.88. The molecule has 0 radical (unpaired) electrons. The largest absolute Gasteiger partial charge is 0.368 e. The average molecular weight is 315 g/mol. The minimum absolute atomic E-state index is 0.108. The lowest BCUT2D eigenvalue weighted by atomic mass is 9.93. The van der Waals surface area contributed by atoms with Gasteiger partial charge in [-0.1, -0.05) is 24.3 Å². The Hall–Kier alpha value is -2.21. The molecule has 3 rings (SSSR count). The summed E-state index contributed by atoms with van der Waals surface area (Å²) >= 11 is 1.52. The summed E-state index contributed by atoms with van der Waals surface area (Å²) in [5, 5.41) is 2.81. The maximum absolute atomic E-state index is 12.6. The number of nitrogens with zero attached hydrogens (tertiary/aromatic N) is 2. The van der Waals surface area contributed by atoms with Gasteiger partial charge in [-0.2, -0.15) is 0 Å². The zero-order valence-electron chi connectivity index (χ0n) is 12.3. The van der Waals surface area contributed by atoms with Crippen LogP contribution in [0.5, 0.6) is 0 Å². The Morgan fingerprint density at radius 2 is 2.09 bits per heavy atom. The lowest BCUT2D eigenvalue weighted by Crippen LogP contribution is -2.51. The lowest BCUT2D eigenvalue weighted by Gasteiger charge is -2.35. The smallest absolute Gasteiger partial charge is 0.240 e. The van der Waals surface area contributed by atoms with Crippen LogP contribution < -0.4 is 5.73 Å². The number of hydrogen-bond donors (Lipinski definition) is 1. The Morgan fingerprint density at radius 3 is 2.73 bits per heavy atom. The number of nitrogens with two attached hydrogens (primary N) is 1. The van der Waals surface area contributed by atoms with Gasteiger partial charge in [-0.25, -0.2) is 4.98 Å². The van der Waals surface area contributed by atoms with E-state index in [-0.39, 0.29) is 12.3 Å². The summed E-state index contributed by atoms with van der Waals surface area (Å²) in [5.74, 6) is -0.569. The van der Waals surface area contributed by atoms with E-state index < -0.39 is 11.9 Å². The second-order valence-electron chi connectivity index (χ2n) is 5.45. The minimum atomic E-state index is -0.581. The molecule has 6 heteroatoms. The summed E-state index contributed by atoms with van der Waals surface area (Å²) in [7, 11) is 0. The number of rotatable bonds is 3. The molecule has 2 N–H and O–H groups in total. The number of benzene rings is 1. The molecule has 2 amide bonds. The average Bonchev–Trinajstić information content (AvgIpc) is 2.90. The van der Waals surface area contributed by atoms with Crippen LogP contribution in [-0.2, 0) is 29.0 Å². The summed E-state index contributed by atoms with van der Waals surface area (Å²) < 4.78 is 0. The first kappa shape index (κ1) is 14.7.